The van der Waals surface area contributed by atoms with Gasteiger partial charge in [0, 0.05) is 32.0 Å². The summed E-state index contributed by atoms with van der Waals surface area (Å²) in [5.41, 5.74) is 1.23. The normalized spacial score (nSPS) is 19.9. The average Bonchev–Trinajstić information content (AvgIpc) is 2.48. The summed E-state index contributed by atoms with van der Waals surface area (Å²) in [4.78, 5) is 13.9. The second-order valence-corrected chi connectivity index (χ2v) is 5.36. The van der Waals surface area contributed by atoms with Crippen molar-refractivity contribution in [2.24, 2.45) is 5.92 Å². The van der Waals surface area contributed by atoms with E-state index >= 15 is 0 Å². The fourth-order valence-corrected chi connectivity index (χ4v) is 2.62. The lowest BCUT2D eigenvalue weighted by atomic mass is 9.98. The van der Waals surface area contributed by atoms with Crippen molar-refractivity contribution in [2.45, 2.75) is 19.8 Å². The van der Waals surface area contributed by atoms with Gasteiger partial charge in [-0.2, -0.15) is 0 Å². The monoisotopic (exact) mass is 277 g/mol. The number of carbonyl (C=O) groups is 1. The lowest BCUT2D eigenvalue weighted by molar-refractivity contribution is -0.125. The van der Waals surface area contributed by atoms with Crippen LogP contribution in [-0.4, -0.2) is 44.5 Å². The topological polar surface area (TPSA) is 38.8 Å². The Balaban J connectivity index is 1.92. The predicted octanol–water partition coefficient (Wildman–Crippen LogP) is 2.16. The Morgan fingerprint density at radius 1 is 1.25 bits per heavy atom. The molecule has 0 N–H and O–H groups in total. The Kier molecular flexibility index (Phi) is 5.01. The molecule has 0 saturated carbocycles. The first-order valence-corrected chi connectivity index (χ1v) is 7.10. The summed E-state index contributed by atoms with van der Waals surface area (Å²) in [6, 6.07) is 6.04. The SMILES string of the molecule is COc1ccc(CCN2CCC(=O)C(C)C2)cc1OC. The van der Waals surface area contributed by atoms with E-state index in [-0.39, 0.29) is 5.92 Å². The molecule has 0 bridgehead atoms. The highest BCUT2D eigenvalue weighted by atomic mass is 16.5. The van der Waals surface area contributed by atoms with E-state index in [2.05, 4.69) is 11.0 Å². The van der Waals surface area contributed by atoms with Gasteiger partial charge in [-0.3, -0.25) is 4.79 Å². The number of carbonyl (C=O) groups excluding carboxylic acids is 1. The molecule has 0 aromatic heterocycles. The fraction of sp³-hybridized carbons (Fsp3) is 0.562. The van der Waals surface area contributed by atoms with E-state index in [1.165, 1.54) is 5.56 Å². The molecule has 0 aliphatic carbocycles. The Labute approximate surface area is 120 Å². The van der Waals surface area contributed by atoms with E-state index in [9.17, 15) is 4.79 Å². The van der Waals surface area contributed by atoms with Gasteiger partial charge in [0.1, 0.15) is 5.78 Å². The molecule has 4 nitrogen and oxygen atoms in total. The van der Waals surface area contributed by atoms with Crippen LogP contribution in [0.4, 0.5) is 0 Å². The molecule has 0 amide bonds. The van der Waals surface area contributed by atoms with Crippen molar-refractivity contribution in [3.8, 4) is 11.5 Å². The van der Waals surface area contributed by atoms with Gasteiger partial charge in [-0.05, 0) is 24.1 Å². The summed E-state index contributed by atoms with van der Waals surface area (Å²) in [5, 5.41) is 0. The zero-order valence-corrected chi connectivity index (χ0v) is 12.5. The van der Waals surface area contributed by atoms with Crippen LogP contribution in [0.15, 0.2) is 18.2 Å². The maximum Gasteiger partial charge on any atom is 0.160 e. The van der Waals surface area contributed by atoms with Crippen molar-refractivity contribution in [1.82, 2.24) is 4.90 Å². The second kappa shape index (κ2) is 6.75. The highest BCUT2D eigenvalue weighted by molar-refractivity contribution is 5.81. The number of likely N-dealkylation sites (tertiary alicyclic amines) is 1. The van der Waals surface area contributed by atoms with Gasteiger partial charge >= 0.3 is 0 Å². The number of ether oxygens (including phenoxy) is 2. The van der Waals surface area contributed by atoms with E-state index in [4.69, 9.17) is 9.47 Å². The standard InChI is InChI=1S/C16H23NO3/c1-12-11-17(9-7-14(12)18)8-6-13-4-5-15(19-2)16(10-13)20-3/h4-5,10,12H,6-9,11H2,1-3H3. The van der Waals surface area contributed by atoms with Gasteiger partial charge in [0.25, 0.3) is 0 Å². The van der Waals surface area contributed by atoms with Crippen molar-refractivity contribution >= 4 is 5.78 Å². The molecule has 20 heavy (non-hydrogen) atoms. The smallest absolute Gasteiger partial charge is 0.160 e. The third kappa shape index (κ3) is 3.51. The summed E-state index contributed by atoms with van der Waals surface area (Å²) < 4.78 is 10.6. The lowest BCUT2D eigenvalue weighted by Gasteiger charge is -2.29. The number of hydrogen-bond donors (Lipinski definition) is 0. The number of methoxy groups -OCH3 is 2. The molecule has 2 rings (SSSR count). The van der Waals surface area contributed by atoms with Crippen LogP contribution in [0.25, 0.3) is 0 Å². The first-order valence-electron chi connectivity index (χ1n) is 7.10. The number of benzene rings is 1. The van der Waals surface area contributed by atoms with E-state index in [1.807, 2.05) is 19.1 Å². The highest BCUT2D eigenvalue weighted by Crippen LogP contribution is 2.27. The van der Waals surface area contributed by atoms with Crippen LogP contribution in [-0.2, 0) is 11.2 Å². The minimum absolute atomic E-state index is 0.175. The van der Waals surface area contributed by atoms with Crippen molar-refractivity contribution in [3.05, 3.63) is 23.8 Å². The molecule has 1 aliphatic heterocycles. The first kappa shape index (κ1) is 14.9. The zero-order valence-electron chi connectivity index (χ0n) is 12.5. The summed E-state index contributed by atoms with van der Waals surface area (Å²) in [5.74, 6) is 2.10. The van der Waals surface area contributed by atoms with Gasteiger partial charge in [-0.1, -0.05) is 13.0 Å². The molecule has 1 aliphatic rings. The largest absolute Gasteiger partial charge is 0.493 e. The number of Topliss-reactive ketones (excluding diaryl/α,β-unsaturated/α-hetero) is 1. The van der Waals surface area contributed by atoms with Crippen LogP contribution in [0.3, 0.4) is 0 Å². The molecule has 0 spiro atoms. The van der Waals surface area contributed by atoms with Crippen molar-refractivity contribution in [1.29, 1.82) is 0 Å². The molecule has 4 heteroatoms. The molecule has 110 valence electrons. The average molecular weight is 277 g/mol. The van der Waals surface area contributed by atoms with E-state index in [1.54, 1.807) is 14.2 Å². The minimum Gasteiger partial charge on any atom is -0.493 e. The van der Waals surface area contributed by atoms with Gasteiger partial charge in [-0.15, -0.1) is 0 Å². The molecule has 1 atom stereocenters. The highest BCUT2D eigenvalue weighted by Gasteiger charge is 2.22. The van der Waals surface area contributed by atoms with Crippen molar-refractivity contribution in [2.75, 3.05) is 33.9 Å². The molecule has 1 aromatic rings. The van der Waals surface area contributed by atoms with Gasteiger partial charge in [-0.25, -0.2) is 0 Å². The molecular formula is C16H23NO3. The molecule has 1 aromatic carbocycles. The summed E-state index contributed by atoms with van der Waals surface area (Å²) in [6.07, 6.45) is 1.65. The molecule has 1 heterocycles. The Hall–Kier alpha value is -1.55. The van der Waals surface area contributed by atoms with E-state index in [0.29, 0.717) is 12.2 Å². The fourth-order valence-electron chi connectivity index (χ4n) is 2.62. The van der Waals surface area contributed by atoms with E-state index < -0.39 is 0 Å². The summed E-state index contributed by atoms with van der Waals surface area (Å²) in [7, 11) is 3.29. The maximum atomic E-state index is 11.5. The summed E-state index contributed by atoms with van der Waals surface area (Å²) in [6.45, 7) is 4.76. The van der Waals surface area contributed by atoms with Crippen molar-refractivity contribution in [3.63, 3.8) is 0 Å². The maximum absolute atomic E-state index is 11.5. The molecular weight excluding hydrogens is 254 g/mol. The van der Waals surface area contributed by atoms with Gasteiger partial charge in [0.15, 0.2) is 11.5 Å². The van der Waals surface area contributed by atoms with Crippen LogP contribution >= 0.6 is 0 Å². The number of piperidine rings is 1. The molecule has 1 saturated heterocycles. The van der Waals surface area contributed by atoms with Crippen LogP contribution in [0.5, 0.6) is 11.5 Å². The zero-order chi connectivity index (χ0) is 14.5. The van der Waals surface area contributed by atoms with E-state index in [0.717, 1.165) is 37.6 Å². The predicted molar refractivity (Wildman–Crippen MR) is 78.5 cm³/mol. The Bertz CT molecular complexity index is 473. The molecule has 1 unspecified atom stereocenters. The number of hydrogen-bond acceptors (Lipinski definition) is 4. The number of nitrogens with zero attached hydrogens (tertiary/aromatic N) is 1. The molecule has 1 fully saturated rings. The van der Waals surface area contributed by atoms with Crippen molar-refractivity contribution < 1.29 is 14.3 Å². The van der Waals surface area contributed by atoms with Gasteiger partial charge in [0.2, 0.25) is 0 Å². The first-order chi connectivity index (χ1) is 9.63. The van der Waals surface area contributed by atoms with Gasteiger partial charge in [0.05, 0.1) is 14.2 Å². The summed E-state index contributed by atoms with van der Waals surface area (Å²) >= 11 is 0. The van der Waals surface area contributed by atoms with Gasteiger partial charge < -0.3 is 14.4 Å². The third-order valence-corrected chi connectivity index (χ3v) is 3.92. The number of ketones is 1. The Morgan fingerprint density at radius 2 is 2.00 bits per heavy atom. The van der Waals surface area contributed by atoms with Crippen LogP contribution < -0.4 is 9.47 Å². The molecule has 0 radical (unpaired) electrons. The Morgan fingerprint density at radius 3 is 2.65 bits per heavy atom. The second-order valence-electron chi connectivity index (χ2n) is 5.36. The van der Waals surface area contributed by atoms with Crippen LogP contribution in [0.1, 0.15) is 18.9 Å². The number of rotatable bonds is 5. The van der Waals surface area contributed by atoms with Crippen LogP contribution in [0, 0.1) is 5.92 Å². The quantitative estimate of drug-likeness (QED) is 0.826. The minimum atomic E-state index is 0.175. The lowest BCUT2D eigenvalue weighted by Crippen LogP contribution is -2.40. The van der Waals surface area contributed by atoms with Crippen LogP contribution in [0.2, 0.25) is 0 Å². The third-order valence-electron chi connectivity index (χ3n) is 3.92.